The second-order valence-electron chi connectivity index (χ2n) is 9.66. The van der Waals surface area contributed by atoms with Gasteiger partial charge in [0, 0.05) is 30.9 Å². The first kappa shape index (κ1) is 25.9. The van der Waals surface area contributed by atoms with Crippen LogP contribution in [-0.4, -0.2) is 55.1 Å². The number of anilines is 1. The van der Waals surface area contributed by atoms with Gasteiger partial charge in [-0.1, -0.05) is 18.2 Å². The Morgan fingerprint density at radius 1 is 1.16 bits per heavy atom. The molecule has 1 aliphatic carbocycles. The van der Waals surface area contributed by atoms with E-state index in [9.17, 15) is 4.79 Å². The topological polar surface area (TPSA) is 95.1 Å². The molecule has 2 amide bonds. The molecule has 2 aromatic rings. The van der Waals surface area contributed by atoms with Gasteiger partial charge < -0.3 is 25.0 Å². The van der Waals surface area contributed by atoms with Crippen LogP contribution in [0.4, 0.5) is 9.80 Å². The number of unbranched alkanes of at least 4 members (excludes halogenated alkanes) is 1. The normalized spacial score (nSPS) is 18.0. The maximum atomic E-state index is 12.2. The van der Waals surface area contributed by atoms with Crippen LogP contribution in [0.5, 0.6) is 0 Å². The number of hydrogen-bond donors (Lipinski definition) is 1. The van der Waals surface area contributed by atoms with E-state index in [2.05, 4.69) is 34.1 Å². The van der Waals surface area contributed by atoms with Gasteiger partial charge in [-0.15, -0.1) is 11.3 Å². The SMILES string of the molecule is N#Cc1ccc2sc(N(CCCCN3CCCN(C4=COC=C(C5=CC=CCC5)O4)CC3)C(N)=O)cc2c1. The maximum absolute atomic E-state index is 12.2. The zero-order valence-corrected chi connectivity index (χ0v) is 22.3. The number of carbonyl (C=O) groups excluding carboxylic acids is 1. The number of ether oxygens (including phenoxy) is 2. The van der Waals surface area contributed by atoms with Gasteiger partial charge in [0.2, 0.25) is 5.88 Å². The van der Waals surface area contributed by atoms with E-state index in [0.717, 1.165) is 91.6 Å². The molecular weight excluding hydrogens is 498 g/mol. The van der Waals surface area contributed by atoms with Crippen LogP contribution in [-0.2, 0) is 9.47 Å². The first-order valence-electron chi connectivity index (χ1n) is 13.2. The lowest BCUT2D eigenvalue weighted by atomic mass is 10.0. The number of amides is 2. The molecule has 2 aliphatic heterocycles. The number of benzene rings is 1. The number of fused-ring (bicyclic) bond motifs is 1. The average molecular weight is 532 g/mol. The molecule has 0 radical (unpaired) electrons. The van der Waals surface area contributed by atoms with Crippen LogP contribution in [0.3, 0.4) is 0 Å². The molecule has 0 spiro atoms. The molecule has 3 aliphatic rings. The van der Waals surface area contributed by atoms with Gasteiger partial charge in [-0.05, 0) is 80.4 Å². The number of allylic oxidation sites excluding steroid dienone is 4. The fraction of sp³-hybridized carbons (Fsp3) is 0.379. The van der Waals surface area contributed by atoms with E-state index in [0.29, 0.717) is 12.1 Å². The molecule has 1 aromatic carbocycles. The lowest BCUT2D eigenvalue weighted by Gasteiger charge is -2.28. The lowest BCUT2D eigenvalue weighted by molar-refractivity contribution is 0.127. The highest BCUT2D eigenvalue weighted by atomic mass is 32.1. The number of primary amides is 1. The van der Waals surface area contributed by atoms with Crippen molar-refractivity contribution in [1.29, 1.82) is 5.26 Å². The summed E-state index contributed by atoms with van der Waals surface area (Å²) in [6, 6.07) is 9.23. The molecule has 1 aromatic heterocycles. The zero-order valence-electron chi connectivity index (χ0n) is 21.5. The Morgan fingerprint density at radius 3 is 2.89 bits per heavy atom. The van der Waals surface area contributed by atoms with E-state index >= 15 is 0 Å². The van der Waals surface area contributed by atoms with Crippen LogP contribution in [0, 0.1) is 11.3 Å². The van der Waals surface area contributed by atoms with E-state index in [1.54, 1.807) is 23.5 Å². The highest BCUT2D eigenvalue weighted by Gasteiger charge is 2.23. The average Bonchev–Trinajstić information content (AvgIpc) is 3.22. The molecule has 1 saturated heterocycles. The van der Waals surface area contributed by atoms with Crippen molar-refractivity contribution in [3.8, 4) is 6.07 Å². The standard InChI is InChI=1S/C29H33N5O3S/c30-19-22-9-10-26-24(17-22)18-28(38-26)34(29(31)35)14-5-4-11-32-12-6-13-33(16-15-32)27-21-36-20-25(37-27)23-7-2-1-3-8-23/h1-2,7,9-10,17-18,20-21H,3-6,8,11-16H2,(H2,31,35). The first-order valence-corrected chi connectivity index (χ1v) is 14.0. The fourth-order valence-corrected chi connectivity index (χ4v) is 6.06. The molecule has 5 rings (SSSR count). The van der Waals surface area contributed by atoms with Crippen molar-refractivity contribution in [2.24, 2.45) is 5.73 Å². The van der Waals surface area contributed by atoms with Gasteiger partial charge in [-0.2, -0.15) is 5.26 Å². The minimum absolute atomic E-state index is 0.445. The first-order chi connectivity index (χ1) is 18.6. The van der Waals surface area contributed by atoms with Crippen molar-refractivity contribution in [3.05, 3.63) is 77.8 Å². The minimum Gasteiger partial charge on any atom is -0.463 e. The second kappa shape index (κ2) is 12.2. The third kappa shape index (κ3) is 6.21. The fourth-order valence-electron chi connectivity index (χ4n) is 4.98. The van der Waals surface area contributed by atoms with Crippen molar-refractivity contribution < 1.29 is 14.3 Å². The lowest BCUT2D eigenvalue weighted by Crippen LogP contribution is -2.36. The third-order valence-electron chi connectivity index (χ3n) is 7.06. The summed E-state index contributed by atoms with van der Waals surface area (Å²) in [5.74, 6) is 1.58. The Balaban J connectivity index is 1.09. The molecule has 0 bridgehead atoms. The van der Waals surface area contributed by atoms with Gasteiger partial charge in [0.1, 0.15) is 11.3 Å². The molecule has 0 atom stereocenters. The molecular formula is C29H33N5O3S. The van der Waals surface area contributed by atoms with Crippen molar-refractivity contribution in [3.63, 3.8) is 0 Å². The third-order valence-corrected chi connectivity index (χ3v) is 8.20. The van der Waals surface area contributed by atoms with Gasteiger partial charge in [-0.3, -0.25) is 4.90 Å². The van der Waals surface area contributed by atoms with E-state index in [1.807, 2.05) is 18.2 Å². The summed E-state index contributed by atoms with van der Waals surface area (Å²) >= 11 is 1.53. The van der Waals surface area contributed by atoms with Crippen LogP contribution in [0.15, 0.2) is 72.2 Å². The van der Waals surface area contributed by atoms with Crippen molar-refractivity contribution in [2.75, 3.05) is 44.2 Å². The highest BCUT2D eigenvalue weighted by Crippen LogP contribution is 2.33. The number of nitrogens with two attached hydrogens (primary N) is 1. The smallest absolute Gasteiger partial charge is 0.319 e. The molecule has 3 heterocycles. The minimum atomic E-state index is -0.445. The van der Waals surface area contributed by atoms with E-state index in [1.165, 1.54) is 16.9 Å². The monoisotopic (exact) mass is 531 g/mol. The summed E-state index contributed by atoms with van der Waals surface area (Å²) in [6.07, 6.45) is 14.6. The Labute approximate surface area is 227 Å². The number of nitrogens with zero attached hydrogens (tertiary/aromatic N) is 4. The summed E-state index contributed by atoms with van der Waals surface area (Å²) in [7, 11) is 0. The Morgan fingerprint density at radius 2 is 2.08 bits per heavy atom. The molecule has 0 saturated carbocycles. The molecule has 1 fully saturated rings. The summed E-state index contributed by atoms with van der Waals surface area (Å²) < 4.78 is 12.9. The van der Waals surface area contributed by atoms with Crippen LogP contribution in [0.25, 0.3) is 10.1 Å². The summed E-state index contributed by atoms with van der Waals surface area (Å²) in [5, 5.41) is 10.9. The number of rotatable bonds is 8. The van der Waals surface area contributed by atoms with E-state index in [4.69, 9.17) is 20.5 Å². The number of thiophene rings is 1. The van der Waals surface area contributed by atoms with Gasteiger partial charge >= 0.3 is 6.03 Å². The molecule has 198 valence electrons. The second-order valence-corrected chi connectivity index (χ2v) is 10.7. The summed E-state index contributed by atoms with van der Waals surface area (Å²) in [6.45, 7) is 5.32. The van der Waals surface area contributed by atoms with E-state index < -0.39 is 6.03 Å². The number of nitriles is 1. The van der Waals surface area contributed by atoms with Crippen LogP contribution >= 0.6 is 11.3 Å². The summed E-state index contributed by atoms with van der Waals surface area (Å²) in [4.78, 5) is 18.6. The molecule has 38 heavy (non-hydrogen) atoms. The van der Waals surface area contributed by atoms with Crippen LogP contribution in [0.1, 0.15) is 37.7 Å². The van der Waals surface area contributed by atoms with Crippen LogP contribution in [0.2, 0.25) is 0 Å². The van der Waals surface area contributed by atoms with Gasteiger partial charge in [0.15, 0.2) is 12.0 Å². The predicted octanol–water partition coefficient (Wildman–Crippen LogP) is 5.41. The van der Waals surface area contributed by atoms with Crippen LogP contribution < -0.4 is 10.6 Å². The van der Waals surface area contributed by atoms with Gasteiger partial charge in [0.25, 0.3) is 0 Å². The molecule has 0 unspecified atom stereocenters. The molecule has 8 nitrogen and oxygen atoms in total. The van der Waals surface area contributed by atoms with E-state index in [-0.39, 0.29) is 0 Å². The van der Waals surface area contributed by atoms with Gasteiger partial charge in [-0.25, -0.2) is 4.79 Å². The number of carbonyl (C=O) groups is 1. The zero-order chi connectivity index (χ0) is 26.3. The summed E-state index contributed by atoms with van der Waals surface area (Å²) in [5.41, 5.74) is 7.50. The van der Waals surface area contributed by atoms with Crippen molar-refractivity contribution in [2.45, 2.75) is 32.1 Å². The quantitative estimate of drug-likeness (QED) is 0.458. The van der Waals surface area contributed by atoms with Gasteiger partial charge in [0.05, 0.1) is 11.6 Å². The molecule has 2 N–H and O–H groups in total. The predicted molar refractivity (Wildman–Crippen MR) is 150 cm³/mol. The Bertz CT molecular complexity index is 1340. The maximum Gasteiger partial charge on any atom is 0.319 e. The Hall–Kier alpha value is -3.74. The number of hydrogen-bond acceptors (Lipinski definition) is 7. The number of urea groups is 1. The highest BCUT2D eigenvalue weighted by molar-refractivity contribution is 7.23. The van der Waals surface area contributed by atoms with Crippen molar-refractivity contribution >= 4 is 32.5 Å². The molecule has 9 heteroatoms. The van der Waals surface area contributed by atoms with Crippen molar-refractivity contribution in [1.82, 2.24) is 9.80 Å². The largest absolute Gasteiger partial charge is 0.463 e. The Kier molecular flexibility index (Phi) is 8.31.